The lowest BCUT2D eigenvalue weighted by Gasteiger charge is -2.18. The minimum atomic E-state index is -0.581. The summed E-state index contributed by atoms with van der Waals surface area (Å²) in [7, 11) is 1.59. The molecular formula is C13H18ClNO3. The number of benzene rings is 1. The van der Waals surface area contributed by atoms with Crippen LogP contribution >= 0.6 is 11.6 Å². The lowest BCUT2D eigenvalue weighted by atomic mass is 10.3. The Labute approximate surface area is 112 Å². The molecule has 0 radical (unpaired) electrons. The molecule has 5 heteroatoms. The van der Waals surface area contributed by atoms with Crippen LogP contribution in [0, 0.1) is 0 Å². The van der Waals surface area contributed by atoms with Crippen LogP contribution in [-0.4, -0.2) is 31.8 Å². The molecule has 2 unspecified atom stereocenters. The second kappa shape index (κ2) is 7.24. The molecule has 100 valence electrons. The smallest absolute Gasteiger partial charge is 0.261 e. The highest BCUT2D eigenvalue weighted by Crippen LogP contribution is 2.18. The number of nitrogens with one attached hydrogen (secondary N) is 1. The van der Waals surface area contributed by atoms with Crippen molar-refractivity contribution in [1.82, 2.24) is 5.32 Å². The van der Waals surface area contributed by atoms with Crippen LogP contribution < -0.4 is 10.1 Å². The van der Waals surface area contributed by atoms with Crippen molar-refractivity contribution in [1.29, 1.82) is 0 Å². The van der Waals surface area contributed by atoms with Crippen LogP contribution in [0.15, 0.2) is 24.3 Å². The van der Waals surface area contributed by atoms with Crippen LogP contribution in [0.1, 0.15) is 13.8 Å². The van der Waals surface area contributed by atoms with Gasteiger partial charge in [-0.25, -0.2) is 0 Å². The standard InChI is InChI=1S/C13H18ClNO3/c1-9(8-17-3)15-13(16)10(2)18-12-6-4-5-11(14)7-12/h4-7,9-10H,8H2,1-3H3,(H,15,16). The number of hydrogen-bond donors (Lipinski definition) is 1. The first kappa shape index (κ1) is 14.8. The second-order valence-electron chi connectivity index (χ2n) is 4.08. The van der Waals surface area contributed by atoms with Crippen molar-refractivity contribution in [3.63, 3.8) is 0 Å². The van der Waals surface area contributed by atoms with E-state index in [1.165, 1.54) is 0 Å². The number of carbonyl (C=O) groups excluding carboxylic acids is 1. The van der Waals surface area contributed by atoms with Gasteiger partial charge >= 0.3 is 0 Å². The minimum absolute atomic E-state index is 0.0482. The zero-order valence-corrected chi connectivity index (χ0v) is 11.5. The number of carbonyl (C=O) groups is 1. The molecule has 1 aromatic carbocycles. The Bertz CT molecular complexity index is 398. The third-order valence-electron chi connectivity index (χ3n) is 2.28. The van der Waals surface area contributed by atoms with Crippen molar-refractivity contribution in [2.45, 2.75) is 26.0 Å². The molecule has 1 aromatic rings. The van der Waals surface area contributed by atoms with E-state index in [9.17, 15) is 4.79 Å². The fraction of sp³-hybridized carbons (Fsp3) is 0.462. The van der Waals surface area contributed by atoms with Crippen LogP contribution in [0.25, 0.3) is 0 Å². The van der Waals surface area contributed by atoms with Gasteiger partial charge in [-0.2, -0.15) is 0 Å². The van der Waals surface area contributed by atoms with E-state index in [0.717, 1.165) is 0 Å². The van der Waals surface area contributed by atoms with Gasteiger partial charge in [-0.15, -0.1) is 0 Å². The van der Waals surface area contributed by atoms with Crippen LogP contribution in [0.4, 0.5) is 0 Å². The second-order valence-corrected chi connectivity index (χ2v) is 4.52. The van der Waals surface area contributed by atoms with Crippen LogP contribution in [-0.2, 0) is 9.53 Å². The maximum absolute atomic E-state index is 11.8. The summed E-state index contributed by atoms with van der Waals surface area (Å²) in [6.07, 6.45) is -0.581. The van der Waals surface area contributed by atoms with Crippen LogP contribution in [0.2, 0.25) is 5.02 Å². The van der Waals surface area contributed by atoms with Gasteiger partial charge in [0.25, 0.3) is 5.91 Å². The number of hydrogen-bond acceptors (Lipinski definition) is 3. The number of ether oxygens (including phenoxy) is 2. The van der Waals surface area contributed by atoms with Gasteiger partial charge in [-0.3, -0.25) is 4.79 Å². The highest BCUT2D eigenvalue weighted by molar-refractivity contribution is 6.30. The molecule has 0 fully saturated rings. The molecule has 0 aromatic heterocycles. The van der Waals surface area contributed by atoms with E-state index in [-0.39, 0.29) is 11.9 Å². The predicted molar refractivity (Wildman–Crippen MR) is 71.0 cm³/mol. The van der Waals surface area contributed by atoms with Gasteiger partial charge in [0, 0.05) is 18.2 Å². The monoisotopic (exact) mass is 271 g/mol. The molecule has 18 heavy (non-hydrogen) atoms. The zero-order chi connectivity index (χ0) is 13.5. The fourth-order valence-corrected chi connectivity index (χ4v) is 1.63. The molecule has 2 atom stereocenters. The molecule has 1 amide bonds. The van der Waals surface area contributed by atoms with Crippen molar-refractivity contribution in [3.05, 3.63) is 29.3 Å². The van der Waals surface area contributed by atoms with Gasteiger partial charge in [0.1, 0.15) is 5.75 Å². The van der Waals surface area contributed by atoms with Crippen molar-refractivity contribution in [3.8, 4) is 5.75 Å². The summed E-state index contributed by atoms with van der Waals surface area (Å²) in [4.78, 5) is 11.8. The summed E-state index contributed by atoms with van der Waals surface area (Å²) in [6, 6.07) is 6.90. The summed E-state index contributed by atoms with van der Waals surface area (Å²) in [5.41, 5.74) is 0. The Morgan fingerprint density at radius 3 is 2.78 bits per heavy atom. The highest BCUT2D eigenvalue weighted by atomic mass is 35.5. The molecule has 0 bridgehead atoms. The van der Waals surface area contributed by atoms with Gasteiger partial charge in [0.2, 0.25) is 0 Å². The van der Waals surface area contributed by atoms with Crippen molar-refractivity contribution >= 4 is 17.5 Å². The van der Waals surface area contributed by atoms with Gasteiger partial charge in [-0.1, -0.05) is 17.7 Å². The Balaban J connectivity index is 2.49. The Morgan fingerprint density at radius 2 is 2.17 bits per heavy atom. The maximum atomic E-state index is 11.8. The van der Waals surface area contributed by atoms with E-state index in [1.807, 2.05) is 6.92 Å². The molecule has 1 rings (SSSR count). The van der Waals surface area contributed by atoms with Gasteiger partial charge in [0.05, 0.1) is 6.61 Å². The van der Waals surface area contributed by atoms with E-state index in [2.05, 4.69) is 5.32 Å². The molecule has 0 saturated heterocycles. The lowest BCUT2D eigenvalue weighted by molar-refractivity contribution is -0.128. The van der Waals surface area contributed by atoms with E-state index in [4.69, 9.17) is 21.1 Å². The quantitative estimate of drug-likeness (QED) is 0.863. The molecule has 1 N–H and O–H groups in total. The molecule has 0 aliphatic rings. The van der Waals surface area contributed by atoms with Gasteiger partial charge in [0.15, 0.2) is 6.10 Å². The first-order chi connectivity index (χ1) is 8.52. The summed E-state index contributed by atoms with van der Waals surface area (Å²) in [5.74, 6) is 0.393. The van der Waals surface area contributed by atoms with Crippen LogP contribution in [0.3, 0.4) is 0 Å². The van der Waals surface area contributed by atoms with Gasteiger partial charge in [-0.05, 0) is 32.0 Å². The topological polar surface area (TPSA) is 47.6 Å². The summed E-state index contributed by atoms with van der Waals surface area (Å²) in [5, 5.41) is 3.37. The average molecular weight is 272 g/mol. The first-order valence-corrected chi connectivity index (χ1v) is 6.12. The predicted octanol–water partition coefficient (Wildman–Crippen LogP) is 2.26. The number of rotatable bonds is 6. The number of halogens is 1. The summed E-state index contributed by atoms with van der Waals surface area (Å²) >= 11 is 5.84. The van der Waals surface area contributed by atoms with Crippen LogP contribution in [0.5, 0.6) is 5.75 Å². The molecule has 0 aliphatic carbocycles. The van der Waals surface area contributed by atoms with Crippen molar-refractivity contribution < 1.29 is 14.3 Å². The third-order valence-corrected chi connectivity index (χ3v) is 2.52. The van der Waals surface area contributed by atoms with E-state index in [1.54, 1.807) is 38.3 Å². The summed E-state index contributed by atoms with van der Waals surface area (Å²) in [6.45, 7) is 4.03. The molecular weight excluding hydrogens is 254 g/mol. The summed E-state index contributed by atoms with van der Waals surface area (Å²) < 4.78 is 10.4. The SMILES string of the molecule is COCC(C)NC(=O)C(C)Oc1cccc(Cl)c1. The largest absolute Gasteiger partial charge is 0.481 e. The third kappa shape index (κ3) is 4.94. The normalized spacial score (nSPS) is 13.8. The van der Waals surface area contributed by atoms with E-state index >= 15 is 0 Å². The zero-order valence-electron chi connectivity index (χ0n) is 10.8. The van der Waals surface area contributed by atoms with E-state index in [0.29, 0.717) is 17.4 Å². The number of methoxy groups -OCH3 is 1. The van der Waals surface area contributed by atoms with Gasteiger partial charge < -0.3 is 14.8 Å². The Morgan fingerprint density at radius 1 is 1.44 bits per heavy atom. The molecule has 0 saturated carbocycles. The molecule has 0 spiro atoms. The molecule has 4 nitrogen and oxygen atoms in total. The number of amides is 1. The average Bonchev–Trinajstić information content (AvgIpc) is 2.29. The maximum Gasteiger partial charge on any atom is 0.261 e. The Hall–Kier alpha value is -1.26. The Kier molecular flexibility index (Phi) is 5.95. The molecule has 0 heterocycles. The van der Waals surface area contributed by atoms with Crippen molar-refractivity contribution in [2.75, 3.05) is 13.7 Å². The highest BCUT2D eigenvalue weighted by Gasteiger charge is 2.16. The van der Waals surface area contributed by atoms with E-state index < -0.39 is 6.10 Å². The first-order valence-electron chi connectivity index (χ1n) is 5.74. The van der Waals surface area contributed by atoms with Crippen molar-refractivity contribution in [2.24, 2.45) is 0 Å². The fourth-order valence-electron chi connectivity index (χ4n) is 1.45. The molecule has 0 aliphatic heterocycles. The minimum Gasteiger partial charge on any atom is -0.481 e. The lowest BCUT2D eigenvalue weighted by Crippen LogP contribution is -2.43.